The molecule has 2 aliphatic heterocycles. The minimum absolute atomic E-state index is 0. The van der Waals surface area contributed by atoms with Gasteiger partial charge in [0, 0.05) is 48.3 Å². The molecule has 0 bridgehead atoms. The Balaban J connectivity index is 0.00000180. The Kier molecular flexibility index (Phi) is 9.16. The molecule has 3 heterocycles. The molecule has 1 aromatic heterocycles. The summed E-state index contributed by atoms with van der Waals surface area (Å²) in [7, 11) is 0. The van der Waals surface area contributed by atoms with Crippen LogP contribution in [0.25, 0.3) is 0 Å². The van der Waals surface area contributed by atoms with Gasteiger partial charge in [0.05, 0.1) is 17.7 Å². The monoisotopic (exact) mass is 555 g/mol. The quantitative estimate of drug-likeness (QED) is 0.578. The maximum atomic E-state index is 13.9. The van der Waals surface area contributed by atoms with Crippen LogP contribution in [0.5, 0.6) is 0 Å². The second kappa shape index (κ2) is 11.4. The first-order valence-corrected chi connectivity index (χ1v) is 12.7. The molecule has 1 aromatic carbocycles. The van der Waals surface area contributed by atoms with Crippen LogP contribution in [0.15, 0.2) is 30.6 Å². The lowest BCUT2D eigenvalue weighted by atomic mass is 9.88. The third kappa shape index (κ3) is 5.60. The number of nitrogens with one attached hydrogen (secondary N) is 1. The molecule has 198 valence electrons. The van der Waals surface area contributed by atoms with E-state index < -0.39 is 6.10 Å². The van der Waals surface area contributed by atoms with E-state index in [1.807, 2.05) is 29.2 Å². The normalized spacial score (nSPS) is 25.5. The number of aliphatic hydroxyl groups excluding tert-OH is 1. The molecule has 0 radical (unpaired) electrons. The number of aromatic nitrogens is 2. The zero-order valence-electron chi connectivity index (χ0n) is 21.0. The molecular weight excluding hydrogens is 521 g/mol. The van der Waals surface area contributed by atoms with Gasteiger partial charge >= 0.3 is 0 Å². The number of halogens is 3. The zero-order valence-corrected chi connectivity index (χ0v) is 23.4. The fraction of sp³-hybridized carbons (Fsp3) is 0.577. The summed E-state index contributed by atoms with van der Waals surface area (Å²) in [6, 6.07) is 7.83. The first-order chi connectivity index (χ1) is 16.2. The van der Waals surface area contributed by atoms with Crippen molar-refractivity contribution in [2.45, 2.75) is 69.6 Å². The maximum absolute atomic E-state index is 13.9. The van der Waals surface area contributed by atoms with Crippen LogP contribution < -0.4 is 10.2 Å². The van der Waals surface area contributed by atoms with Crippen molar-refractivity contribution in [1.29, 1.82) is 0 Å². The molecular formula is C26H36Cl3N5O2. The van der Waals surface area contributed by atoms with Gasteiger partial charge < -0.3 is 20.2 Å². The number of piperazine rings is 1. The fourth-order valence-corrected chi connectivity index (χ4v) is 6.15. The number of fused-ring (bicyclic) bond motifs is 1. The predicted molar refractivity (Wildman–Crippen MR) is 148 cm³/mol. The predicted octanol–water partition coefficient (Wildman–Crippen LogP) is 4.48. The number of benzene rings is 1. The van der Waals surface area contributed by atoms with Gasteiger partial charge in [0.2, 0.25) is 5.91 Å². The number of hydrogen-bond acceptors (Lipinski definition) is 6. The zero-order chi connectivity index (χ0) is 24.0. The number of carbonyl (C=O) groups excluding carboxylic acids is 1. The first-order valence-electron chi connectivity index (χ1n) is 12.3. The molecule has 1 amide bonds. The molecule has 2 aromatic rings. The van der Waals surface area contributed by atoms with Gasteiger partial charge in [0.25, 0.3) is 0 Å². The van der Waals surface area contributed by atoms with Crippen LogP contribution in [-0.4, -0.2) is 63.6 Å². The summed E-state index contributed by atoms with van der Waals surface area (Å²) in [6.45, 7) is 9.22. The molecule has 7 nitrogen and oxygen atoms in total. The fourth-order valence-electron chi connectivity index (χ4n) is 5.95. The summed E-state index contributed by atoms with van der Waals surface area (Å²) < 4.78 is 0. The minimum Gasteiger partial charge on any atom is -0.387 e. The van der Waals surface area contributed by atoms with E-state index in [1.165, 1.54) is 0 Å². The van der Waals surface area contributed by atoms with Gasteiger partial charge in [-0.25, -0.2) is 9.97 Å². The Bertz CT molecular complexity index is 1080. The molecule has 5 rings (SSSR count). The highest BCUT2D eigenvalue weighted by molar-refractivity contribution is 6.30. The van der Waals surface area contributed by atoms with Crippen LogP contribution in [0.1, 0.15) is 74.8 Å². The number of rotatable bonds is 4. The average molecular weight is 557 g/mol. The van der Waals surface area contributed by atoms with E-state index >= 15 is 0 Å². The molecule has 36 heavy (non-hydrogen) atoms. The Morgan fingerprint density at radius 1 is 1.19 bits per heavy atom. The summed E-state index contributed by atoms with van der Waals surface area (Å²) in [5.74, 6) is 1.04. The molecule has 4 atom stereocenters. The molecule has 0 saturated carbocycles. The van der Waals surface area contributed by atoms with Gasteiger partial charge in [-0.3, -0.25) is 4.79 Å². The van der Waals surface area contributed by atoms with Gasteiger partial charge in [-0.2, -0.15) is 0 Å². The van der Waals surface area contributed by atoms with Crippen molar-refractivity contribution in [3.05, 3.63) is 52.4 Å². The minimum atomic E-state index is -0.517. The smallest absolute Gasteiger partial charge is 0.231 e. The summed E-state index contributed by atoms with van der Waals surface area (Å²) in [5.41, 5.74) is 2.82. The molecule has 0 unspecified atom stereocenters. The van der Waals surface area contributed by atoms with Crippen molar-refractivity contribution in [1.82, 2.24) is 20.2 Å². The van der Waals surface area contributed by atoms with Crippen molar-refractivity contribution in [3.8, 4) is 0 Å². The number of aliphatic hydroxyl groups is 1. The van der Waals surface area contributed by atoms with Crippen LogP contribution in [0.2, 0.25) is 5.02 Å². The Hall–Kier alpha value is -1.64. The summed E-state index contributed by atoms with van der Waals surface area (Å²) in [6.07, 6.45) is 3.72. The molecule has 1 aliphatic carbocycles. The van der Waals surface area contributed by atoms with E-state index in [-0.39, 0.29) is 54.1 Å². The standard InChI is InChI=1S/C26H34ClN5O2.2ClH/c1-16-13-20(33)23-21(16)24(29-15-28-23)31-9-11-32(12-10-31)25(34)22(17-5-4-6-18(27)14-17)19-7-8-26(2,3)30-19;;/h4-6,14-16,19-20,22,30,33H,7-13H2,1-3H3;2*1H/t16-,19+,20-,22+;;/m1../s1. The number of hydrogen-bond donors (Lipinski definition) is 2. The maximum Gasteiger partial charge on any atom is 0.231 e. The van der Waals surface area contributed by atoms with Crippen LogP contribution in [0, 0.1) is 0 Å². The SMILES string of the molecule is C[C@@H]1C[C@@H](O)c2ncnc(N3CCN(C(=O)[C@@H](c4cccc(Cl)c4)[C@@H]4CCC(C)(C)N4)CC3)c21.Cl.Cl. The van der Waals surface area contributed by atoms with E-state index in [9.17, 15) is 9.90 Å². The molecule has 2 N–H and O–H groups in total. The molecule has 2 saturated heterocycles. The van der Waals surface area contributed by atoms with E-state index in [2.05, 4.69) is 41.0 Å². The van der Waals surface area contributed by atoms with Crippen LogP contribution in [0.3, 0.4) is 0 Å². The van der Waals surface area contributed by atoms with E-state index in [0.717, 1.165) is 35.5 Å². The lowest BCUT2D eigenvalue weighted by Crippen LogP contribution is -2.53. The highest BCUT2D eigenvalue weighted by Crippen LogP contribution is 2.43. The van der Waals surface area contributed by atoms with Crippen molar-refractivity contribution in [3.63, 3.8) is 0 Å². The van der Waals surface area contributed by atoms with Crippen LogP contribution in [0.4, 0.5) is 5.82 Å². The Morgan fingerprint density at radius 3 is 2.56 bits per heavy atom. The molecule has 2 fully saturated rings. The van der Waals surface area contributed by atoms with Gasteiger partial charge in [-0.15, -0.1) is 24.8 Å². The summed E-state index contributed by atoms with van der Waals surface area (Å²) >= 11 is 6.32. The molecule has 10 heteroatoms. The number of amides is 1. The lowest BCUT2D eigenvalue weighted by molar-refractivity contribution is -0.133. The largest absolute Gasteiger partial charge is 0.387 e. The number of anilines is 1. The van der Waals surface area contributed by atoms with Gasteiger partial charge in [-0.05, 0) is 56.7 Å². The van der Waals surface area contributed by atoms with Crippen molar-refractivity contribution in [2.75, 3.05) is 31.1 Å². The molecule has 3 aliphatic rings. The van der Waals surface area contributed by atoms with Gasteiger partial charge in [-0.1, -0.05) is 30.7 Å². The lowest BCUT2D eigenvalue weighted by Gasteiger charge is -2.39. The van der Waals surface area contributed by atoms with E-state index in [0.29, 0.717) is 37.6 Å². The van der Waals surface area contributed by atoms with Crippen LogP contribution >= 0.6 is 36.4 Å². The molecule has 0 spiro atoms. The third-order valence-electron chi connectivity index (χ3n) is 7.70. The number of carbonyl (C=O) groups is 1. The second-order valence-electron chi connectivity index (χ2n) is 10.7. The van der Waals surface area contributed by atoms with E-state index in [1.54, 1.807) is 6.33 Å². The highest BCUT2D eigenvalue weighted by atomic mass is 35.5. The topological polar surface area (TPSA) is 81.6 Å². The van der Waals surface area contributed by atoms with Gasteiger partial charge in [0.15, 0.2) is 0 Å². The summed E-state index contributed by atoms with van der Waals surface area (Å²) in [4.78, 5) is 27.0. The number of nitrogens with zero attached hydrogens (tertiary/aromatic N) is 4. The first kappa shape index (κ1) is 28.9. The van der Waals surface area contributed by atoms with Crippen molar-refractivity contribution in [2.24, 2.45) is 0 Å². The van der Waals surface area contributed by atoms with Crippen molar-refractivity contribution >= 4 is 48.1 Å². The third-order valence-corrected chi connectivity index (χ3v) is 7.94. The second-order valence-corrected chi connectivity index (χ2v) is 11.1. The van der Waals surface area contributed by atoms with Crippen molar-refractivity contribution < 1.29 is 9.90 Å². The highest BCUT2D eigenvalue weighted by Gasteiger charge is 2.41. The Labute approximate surface area is 230 Å². The Morgan fingerprint density at radius 2 is 1.92 bits per heavy atom. The van der Waals surface area contributed by atoms with E-state index in [4.69, 9.17) is 11.6 Å². The van der Waals surface area contributed by atoms with Crippen LogP contribution in [-0.2, 0) is 4.79 Å². The van der Waals surface area contributed by atoms with Gasteiger partial charge in [0.1, 0.15) is 12.1 Å². The average Bonchev–Trinajstić information content (AvgIpc) is 3.32. The summed E-state index contributed by atoms with van der Waals surface area (Å²) in [5, 5.41) is 14.7.